The summed E-state index contributed by atoms with van der Waals surface area (Å²) < 4.78 is 7.09. The number of allylic oxidation sites excluding steroid dienone is 2. The smallest absolute Gasteiger partial charge is 0.358 e. The first-order valence-corrected chi connectivity index (χ1v) is 8.72. The molecule has 0 fully saturated rings. The normalized spacial score (nSPS) is 13.5. The molecule has 0 aliphatic carbocycles. The molecule has 0 bridgehead atoms. The van der Waals surface area contributed by atoms with Crippen LogP contribution in [0.4, 0.5) is 0 Å². The zero-order chi connectivity index (χ0) is 19.1. The lowest BCUT2D eigenvalue weighted by atomic mass is 10.1. The van der Waals surface area contributed by atoms with Crippen molar-refractivity contribution in [2.45, 2.75) is 32.9 Å². The summed E-state index contributed by atoms with van der Waals surface area (Å²) in [4.78, 5) is 16.4. The number of hydrogen-bond donors (Lipinski definition) is 2. The highest BCUT2D eigenvalue weighted by Crippen LogP contribution is 2.31. The lowest BCUT2D eigenvalue weighted by Crippen LogP contribution is -2.70. The molecule has 3 N–H and O–H groups in total. The van der Waals surface area contributed by atoms with Crippen molar-refractivity contribution in [1.29, 1.82) is 0 Å². The fourth-order valence-electron chi connectivity index (χ4n) is 2.09. The lowest BCUT2D eigenvalue weighted by Gasteiger charge is -2.19. The third kappa shape index (κ3) is 5.52. The first kappa shape index (κ1) is 21.6. The summed E-state index contributed by atoms with van der Waals surface area (Å²) in [6.07, 6.45) is 2.85. The molecule has 0 aliphatic heterocycles. The molecule has 0 saturated carbocycles. The summed E-state index contributed by atoms with van der Waals surface area (Å²) in [7, 11) is 0. The van der Waals surface area contributed by atoms with Gasteiger partial charge in [-0.05, 0) is 48.4 Å². The van der Waals surface area contributed by atoms with Crippen LogP contribution in [0.15, 0.2) is 40.3 Å². The van der Waals surface area contributed by atoms with Crippen LogP contribution in [0.3, 0.4) is 0 Å². The number of aliphatic hydroxyl groups excluding tert-OH is 1. The molecule has 1 unspecified atom stereocenters. The molecule has 0 aliphatic rings. The fourth-order valence-corrected chi connectivity index (χ4v) is 2.99. The van der Waals surface area contributed by atoms with E-state index in [1.165, 1.54) is 12.2 Å². The Bertz CT molecular complexity index is 698. The molecule has 0 aromatic carbocycles. The molecule has 1 heterocycles. The van der Waals surface area contributed by atoms with E-state index >= 15 is 0 Å². The number of aromatic nitrogens is 2. The standard InChI is InChI=1S/C16H21BrClN3O4/c1-5-25-15(23)12-13(21(9(2)3)16(17)20-12)14(22)10(4)6-7-11(18)8-19-24/h6-9,14,22H,4-5,19H2,1-3H3/b7-6-,11-8+. The van der Waals surface area contributed by atoms with Gasteiger partial charge in [0.1, 0.15) is 12.3 Å². The summed E-state index contributed by atoms with van der Waals surface area (Å²) in [5, 5.41) is 21.3. The van der Waals surface area contributed by atoms with Crippen molar-refractivity contribution in [2.75, 3.05) is 6.61 Å². The number of rotatable bonds is 8. The van der Waals surface area contributed by atoms with Gasteiger partial charge in [0, 0.05) is 6.04 Å². The van der Waals surface area contributed by atoms with E-state index in [2.05, 4.69) is 27.5 Å². The number of ether oxygens (including phenoxy) is 1. The number of esters is 1. The molecule has 7 nitrogen and oxygen atoms in total. The number of carbonyl (C=O) groups is 1. The van der Waals surface area contributed by atoms with Gasteiger partial charge in [-0.1, -0.05) is 24.3 Å². The molecular weight excluding hydrogens is 414 g/mol. The molecule has 25 heavy (non-hydrogen) atoms. The average molecular weight is 435 g/mol. The van der Waals surface area contributed by atoms with Gasteiger partial charge in [-0.25, -0.2) is 9.78 Å². The minimum Gasteiger partial charge on any atom is -0.631 e. The van der Waals surface area contributed by atoms with E-state index in [0.29, 0.717) is 10.2 Å². The molecular formula is C16H21BrClN3O4. The van der Waals surface area contributed by atoms with E-state index in [9.17, 15) is 15.1 Å². The van der Waals surface area contributed by atoms with E-state index in [1.807, 2.05) is 13.8 Å². The quantitative estimate of drug-likeness (QED) is 0.372. The first-order valence-electron chi connectivity index (χ1n) is 7.55. The second-order valence-electron chi connectivity index (χ2n) is 5.30. The molecule has 0 spiro atoms. The highest BCUT2D eigenvalue weighted by molar-refractivity contribution is 9.10. The Balaban J connectivity index is 3.30. The van der Waals surface area contributed by atoms with Crippen LogP contribution in [0.5, 0.6) is 0 Å². The SMILES string of the molecule is C=C(/C=C\C(Cl)=C/[NH2+][O-])C(O)c1c(C(=O)OCC)nc(Br)n1C(C)C. The van der Waals surface area contributed by atoms with Crippen LogP contribution in [0.2, 0.25) is 0 Å². The molecule has 1 aromatic heterocycles. The predicted octanol–water partition coefficient (Wildman–Crippen LogP) is 2.69. The number of halogens is 2. The number of imidazole rings is 1. The van der Waals surface area contributed by atoms with E-state index in [4.69, 9.17) is 16.3 Å². The highest BCUT2D eigenvalue weighted by atomic mass is 79.9. The Morgan fingerprint density at radius 3 is 2.72 bits per heavy atom. The molecule has 0 saturated heterocycles. The van der Waals surface area contributed by atoms with Crippen molar-refractivity contribution in [1.82, 2.24) is 9.55 Å². The second kappa shape index (κ2) is 9.88. The predicted molar refractivity (Wildman–Crippen MR) is 98.7 cm³/mol. The Morgan fingerprint density at radius 1 is 1.56 bits per heavy atom. The van der Waals surface area contributed by atoms with Crippen molar-refractivity contribution in [2.24, 2.45) is 0 Å². The Labute approximate surface area is 159 Å². The molecule has 9 heteroatoms. The minimum absolute atomic E-state index is 0.0130. The van der Waals surface area contributed by atoms with E-state index in [1.54, 1.807) is 11.5 Å². The zero-order valence-electron chi connectivity index (χ0n) is 14.2. The lowest BCUT2D eigenvalue weighted by molar-refractivity contribution is -0.515. The van der Waals surface area contributed by atoms with Gasteiger partial charge in [-0.15, -0.1) is 0 Å². The van der Waals surface area contributed by atoms with Gasteiger partial charge >= 0.3 is 5.97 Å². The number of nitrogens with two attached hydrogens (primary N) is 1. The average Bonchev–Trinajstić information content (AvgIpc) is 2.90. The number of nitrogens with zero attached hydrogens (tertiary/aromatic N) is 2. The van der Waals surface area contributed by atoms with Gasteiger partial charge in [-0.2, -0.15) is 0 Å². The Morgan fingerprint density at radius 2 is 2.20 bits per heavy atom. The topological polar surface area (TPSA) is 104 Å². The Hall–Kier alpha value is -1.45. The maximum Gasteiger partial charge on any atom is 0.358 e. The van der Waals surface area contributed by atoms with Crippen LogP contribution in [0.1, 0.15) is 49.1 Å². The molecule has 0 amide bonds. The zero-order valence-corrected chi connectivity index (χ0v) is 16.5. The molecule has 1 atom stereocenters. The third-order valence-electron chi connectivity index (χ3n) is 3.18. The van der Waals surface area contributed by atoms with Crippen LogP contribution in [0.25, 0.3) is 0 Å². The van der Waals surface area contributed by atoms with Gasteiger partial charge in [0.2, 0.25) is 0 Å². The minimum atomic E-state index is -1.21. The van der Waals surface area contributed by atoms with Crippen LogP contribution < -0.4 is 5.48 Å². The monoisotopic (exact) mass is 433 g/mol. The van der Waals surface area contributed by atoms with Crippen molar-refractivity contribution in [3.05, 3.63) is 56.9 Å². The number of aliphatic hydroxyl groups is 1. The maximum atomic E-state index is 12.2. The number of carbonyl (C=O) groups excluding carboxylic acids is 1. The summed E-state index contributed by atoms with van der Waals surface area (Å²) in [5.74, 6) is -0.632. The van der Waals surface area contributed by atoms with Crippen molar-refractivity contribution < 1.29 is 20.1 Å². The van der Waals surface area contributed by atoms with Crippen LogP contribution in [0, 0.1) is 5.21 Å². The molecule has 138 valence electrons. The van der Waals surface area contributed by atoms with Gasteiger partial charge in [0.05, 0.1) is 17.3 Å². The van der Waals surface area contributed by atoms with Gasteiger partial charge in [-0.3, -0.25) is 0 Å². The molecule has 1 rings (SSSR count). The van der Waals surface area contributed by atoms with Crippen LogP contribution in [-0.2, 0) is 4.74 Å². The van der Waals surface area contributed by atoms with E-state index < -0.39 is 12.1 Å². The second-order valence-corrected chi connectivity index (χ2v) is 6.44. The fraction of sp³-hybridized carbons (Fsp3) is 0.375. The summed E-state index contributed by atoms with van der Waals surface area (Å²) in [5.41, 5.74) is 1.11. The van der Waals surface area contributed by atoms with E-state index in [-0.39, 0.29) is 34.6 Å². The van der Waals surface area contributed by atoms with Gasteiger partial charge < -0.3 is 25.1 Å². The van der Waals surface area contributed by atoms with Crippen molar-refractivity contribution in [3.8, 4) is 0 Å². The van der Waals surface area contributed by atoms with Crippen LogP contribution in [-0.4, -0.2) is 27.2 Å². The Kier molecular flexibility index (Phi) is 8.54. The molecule has 0 radical (unpaired) electrons. The van der Waals surface area contributed by atoms with Crippen molar-refractivity contribution in [3.63, 3.8) is 0 Å². The van der Waals surface area contributed by atoms with Gasteiger partial charge in [0.15, 0.2) is 10.4 Å². The third-order valence-corrected chi connectivity index (χ3v) is 4.00. The number of hydrogen-bond acceptors (Lipinski definition) is 5. The van der Waals surface area contributed by atoms with Crippen molar-refractivity contribution >= 4 is 33.5 Å². The maximum absolute atomic E-state index is 12.2. The summed E-state index contributed by atoms with van der Waals surface area (Å²) in [6, 6.07) is -0.0787. The number of hydroxylamine groups is 1. The van der Waals surface area contributed by atoms with Crippen LogP contribution >= 0.6 is 27.5 Å². The van der Waals surface area contributed by atoms with E-state index in [0.717, 1.165) is 6.20 Å². The number of quaternary nitrogens is 1. The highest BCUT2D eigenvalue weighted by Gasteiger charge is 2.29. The summed E-state index contributed by atoms with van der Waals surface area (Å²) in [6.45, 7) is 9.45. The molecule has 1 aromatic rings. The summed E-state index contributed by atoms with van der Waals surface area (Å²) >= 11 is 9.11. The first-order chi connectivity index (χ1) is 11.7. The largest absolute Gasteiger partial charge is 0.631 e. The van der Waals surface area contributed by atoms with Gasteiger partial charge in [0.25, 0.3) is 0 Å².